The number of anilines is 2. The van der Waals surface area contributed by atoms with Gasteiger partial charge in [-0.15, -0.1) is 0 Å². The van der Waals surface area contributed by atoms with Crippen LogP contribution in [0.3, 0.4) is 0 Å². The second kappa shape index (κ2) is 7.32. The maximum absolute atomic E-state index is 12.6. The summed E-state index contributed by atoms with van der Waals surface area (Å²) in [7, 11) is 0. The highest BCUT2D eigenvalue weighted by Gasteiger charge is 2.34. The number of rotatable bonds is 6. The summed E-state index contributed by atoms with van der Waals surface area (Å²) in [4.78, 5) is 32.4. The van der Waals surface area contributed by atoms with E-state index in [-0.39, 0.29) is 11.6 Å². The number of imidazole rings is 1. The summed E-state index contributed by atoms with van der Waals surface area (Å²) in [5.41, 5.74) is 2.70. The molecule has 9 heteroatoms. The van der Waals surface area contributed by atoms with Crippen molar-refractivity contribution in [1.29, 1.82) is 0 Å². The molecule has 1 saturated carbocycles. The number of fused-ring (bicyclic) bond motifs is 1. The Morgan fingerprint density at radius 3 is 2.63 bits per heavy atom. The molecule has 5 rings (SSSR count). The van der Waals surface area contributed by atoms with Gasteiger partial charge in [-0.1, -0.05) is 0 Å². The molecule has 156 valence electrons. The number of aryl methyl sites for hydroxylation is 2. The van der Waals surface area contributed by atoms with E-state index in [0.717, 1.165) is 42.0 Å². The van der Waals surface area contributed by atoms with Crippen LogP contribution in [0.25, 0.3) is 5.65 Å². The predicted octanol–water partition coefficient (Wildman–Crippen LogP) is 1.97. The Morgan fingerprint density at radius 2 is 1.93 bits per heavy atom. The van der Waals surface area contributed by atoms with Crippen LogP contribution in [0.1, 0.15) is 41.6 Å². The third-order valence-electron chi connectivity index (χ3n) is 5.86. The Kier molecular flexibility index (Phi) is 4.62. The van der Waals surface area contributed by atoms with Crippen LogP contribution in [0, 0.1) is 19.8 Å². The highest BCUT2D eigenvalue weighted by molar-refractivity contribution is 6.02. The summed E-state index contributed by atoms with van der Waals surface area (Å²) in [6.45, 7) is 7.99. The van der Waals surface area contributed by atoms with Crippen molar-refractivity contribution >= 4 is 23.2 Å². The lowest BCUT2D eigenvalue weighted by Crippen LogP contribution is -2.55. The normalized spacial score (nSPS) is 17.8. The molecule has 0 spiro atoms. The Balaban J connectivity index is 1.21. The van der Waals surface area contributed by atoms with Gasteiger partial charge >= 0.3 is 0 Å². The molecule has 2 N–H and O–H groups in total. The number of nitrogens with zero attached hydrogens (tertiary/aromatic N) is 6. The number of hydrogen-bond donors (Lipinski definition) is 2. The van der Waals surface area contributed by atoms with Crippen LogP contribution in [-0.4, -0.2) is 55.4 Å². The van der Waals surface area contributed by atoms with E-state index in [1.165, 1.54) is 19.0 Å². The number of hydrogen-bond acceptors (Lipinski definition) is 7. The highest BCUT2D eigenvalue weighted by atomic mass is 16.2. The molecule has 0 radical (unpaired) electrons. The van der Waals surface area contributed by atoms with Crippen molar-refractivity contribution in [2.45, 2.75) is 45.7 Å². The fourth-order valence-corrected chi connectivity index (χ4v) is 3.89. The molecule has 3 aromatic rings. The van der Waals surface area contributed by atoms with Crippen LogP contribution in [0.15, 0.2) is 24.8 Å². The lowest BCUT2D eigenvalue weighted by atomic mass is 9.92. The molecule has 2 aliphatic rings. The molecule has 1 aliphatic heterocycles. The fourth-order valence-electron chi connectivity index (χ4n) is 3.89. The topological polar surface area (TPSA) is 100 Å². The monoisotopic (exact) mass is 406 g/mol. The SMILES string of the molecule is Cc1cn2cc(NC(=O)c3cnc(N4CC(C(C)NC5CC5)C4)cn3)nc(C)c2n1. The minimum Gasteiger partial charge on any atom is -0.355 e. The summed E-state index contributed by atoms with van der Waals surface area (Å²) < 4.78 is 1.86. The van der Waals surface area contributed by atoms with Gasteiger partial charge in [0.2, 0.25) is 0 Å². The number of carbonyl (C=O) groups excluding carboxylic acids is 1. The third-order valence-corrected chi connectivity index (χ3v) is 5.86. The zero-order valence-corrected chi connectivity index (χ0v) is 17.5. The first-order valence-corrected chi connectivity index (χ1v) is 10.4. The van der Waals surface area contributed by atoms with Gasteiger partial charge in [0.05, 0.1) is 30.0 Å². The molecule has 3 aromatic heterocycles. The maximum atomic E-state index is 12.6. The molecule has 1 aliphatic carbocycles. The average Bonchev–Trinajstić information content (AvgIpc) is 3.39. The summed E-state index contributed by atoms with van der Waals surface area (Å²) in [6.07, 6.45) is 9.46. The second-order valence-corrected chi connectivity index (χ2v) is 8.43. The third kappa shape index (κ3) is 3.72. The van der Waals surface area contributed by atoms with Crippen molar-refractivity contribution in [3.63, 3.8) is 0 Å². The van der Waals surface area contributed by atoms with E-state index in [1.807, 2.05) is 24.4 Å². The average molecular weight is 406 g/mol. The molecule has 0 bridgehead atoms. The van der Waals surface area contributed by atoms with Crippen molar-refractivity contribution in [2.24, 2.45) is 5.92 Å². The quantitative estimate of drug-likeness (QED) is 0.645. The molecule has 4 heterocycles. The predicted molar refractivity (Wildman–Crippen MR) is 114 cm³/mol. The number of carbonyl (C=O) groups is 1. The number of amides is 1. The summed E-state index contributed by atoms with van der Waals surface area (Å²) in [5.74, 6) is 1.56. The van der Waals surface area contributed by atoms with Gasteiger partial charge in [0.1, 0.15) is 17.3 Å². The van der Waals surface area contributed by atoms with Crippen molar-refractivity contribution in [3.8, 4) is 0 Å². The van der Waals surface area contributed by atoms with E-state index in [9.17, 15) is 4.79 Å². The van der Waals surface area contributed by atoms with Gasteiger partial charge in [0.25, 0.3) is 5.91 Å². The Labute approximate surface area is 175 Å². The van der Waals surface area contributed by atoms with Crippen molar-refractivity contribution < 1.29 is 4.79 Å². The zero-order valence-electron chi connectivity index (χ0n) is 17.5. The minimum absolute atomic E-state index is 0.265. The molecule has 1 amide bonds. The molecule has 1 unspecified atom stereocenters. The van der Waals surface area contributed by atoms with Crippen LogP contribution in [0.4, 0.5) is 11.6 Å². The Morgan fingerprint density at radius 1 is 1.13 bits per heavy atom. The van der Waals surface area contributed by atoms with E-state index in [2.05, 4.69) is 42.4 Å². The van der Waals surface area contributed by atoms with Crippen LogP contribution in [-0.2, 0) is 0 Å². The lowest BCUT2D eigenvalue weighted by Gasteiger charge is -2.43. The molecule has 9 nitrogen and oxygen atoms in total. The molecule has 2 fully saturated rings. The van der Waals surface area contributed by atoms with Crippen molar-refractivity contribution in [2.75, 3.05) is 23.3 Å². The maximum Gasteiger partial charge on any atom is 0.277 e. The number of aromatic nitrogens is 5. The summed E-state index contributed by atoms with van der Waals surface area (Å²) in [6, 6.07) is 1.25. The molecule has 30 heavy (non-hydrogen) atoms. The van der Waals surface area contributed by atoms with Crippen LogP contribution < -0.4 is 15.5 Å². The molecular weight excluding hydrogens is 380 g/mol. The zero-order chi connectivity index (χ0) is 20.8. The Bertz CT molecular complexity index is 1080. The van der Waals surface area contributed by atoms with Gasteiger partial charge in [-0.25, -0.2) is 19.9 Å². The largest absolute Gasteiger partial charge is 0.355 e. The van der Waals surface area contributed by atoms with Gasteiger partial charge in [0.15, 0.2) is 5.65 Å². The van der Waals surface area contributed by atoms with Gasteiger partial charge in [0, 0.05) is 37.3 Å². The Hall–Kier alpha value is -3.07. The second-order valence-electron chi connectivity index (χ2n) is 8.43. The van der Waals surface area contributed by atoms with Gasteiger partial charge in [-0.05, 0) is 33.6 Å². The standard InChI is InChI=1S/C21H26N8O/c1-12-8-29-11-18(26-14(3)20(29)24-12)27-21(30)17-6-23-19(7-22-17)28-9-15(10-28)13(2)25-16-4-5-16/h6-8,11,13,15-16,25H,4-5,9-10H2,1-3H3,(H,27,30). The van der Waals surface area contributed by atoms with Crippen LogP contribution in [0.5, 0.6) is 0 Å². The van der Waals surface area contributed by atoms with E-state index >= 15 is 0 Å². The van der Waals surface area contributed by atoms with E-state index in [4.69, 9.17) is 0 Å². The van der Waals surface area contributed by atoms with Crippen molar-refractivity contribution in [3.05, 3.63) is 41.9 Å². The van der Waals surface area contributed by atoms with Gasteiger partial charge in [-0.2, -0.15) is 0 Å². The summed E-state index contributed by atoms with van der Waals surface area (Å²) >= 11 is 0. The summed E-state index contributed by atoms with van der Waals surface area (Å²) in [5, 5.41) is 6.46. The minimum atomic E-state index is -0.333. The first-order chi connectivity index (χ1) is 14.5. The van der Waals surface area contributed by atoms with E-state index < -0.39 is 0 Å². The fraction of sp³-hybridized carbons (Fsp3) is 0.476. The van der Waals surface area contributed by atoms with Gasteiger partial charge in [-0.3, -0.25) is 4.79 Å². The van der Waals surface area contributed by atoms with E-state index in [1.54, 1.807) is 12.4 Å². The molecule has 1 atom stereocenters. The first kappa shape index (κ1) is 18.9. The van der Waals surface area contributed by atoms with Crippen LogP contribution in [0.2, 0.25) is 0 Å². The smallest absolute Gasteiger partial charge is 0.277 e. The molecule has 0 aromatic carbocycles. The van der Waals surface area contributed by atoms with Crippen molar-refractivity contribution in [1.82, 2.24) is 29.7 Å². The van der Waals surface area contributed by atoms with Crippen LogP contribution >= 0.6 is 0 Å². The molecule has 1 saturated heterocycles. The highest BCUT2D eigenvalue weighted by Crippen LogP contribution is 2.27. The first-order valence-electron chi connectivity index (χ1n) is 10.4. The van der Waals surface area contributed by atoms with E-state index in [0.29, 0.717) is 17.8 Å². The number of nitrogens with one attached hydrogen (secondary N) is 2. The molecular formula is C21H26N8O. The van der Waals surface area contributed by atoms with Gasteiger partial charge < -0.3 is 19.9 Å². The lowest BCUT2D eigenvalue weighted by molar-refractivity contribution is 0.102.